The summed E-state index contributed by atoms with van der Waals surface area (Å²) in [6, 6.07) is 12.5. The van der Waals surface area contributed by atoms with Gasteiger partial charge in [-0.15, -0.1) is 0 Å². The Labute approximate surface area is 169 Å². The average Bonchev–Trinajstić information content (AvgIpc) is 3.36. The van der Waals surface area contributed by atoms with Crippen molar-refractivity contribution in [2.75, 3.05) is 31.1 Å². The second-order valence-electron chi connectivity index (χ2n) is 7.25. The molecule has 2 aliphatic rings. The van der Waals surface area contributed by atoms with Crippen molar-refractivity contribution in [3.63, 3.8) is 0 Å². The zero-order valence-electron chi connectivity index (χ0n) is 16.1. The molecule has 0 aliphatic carbocycles. The highest BCUT2D eigenvalue weighted by Crippen LogP contribution is 2.18. The lowest BCUT2D eigenvalue weighted by Crippen LogP contribution is -2.49. The number of hydrogen-bond donors (Lipinski definition) is 1. The largest absolute Gasteiger partial charge is 0.467 e. The minimum Gasteiger partial charge on any atom is -0.467 e. The van der Waals surface area contributed by atoms with E-state index in [0.29, 0.717) is 25.3 Å². The molecule has 152 valence electrons. The zero-order valence-corrected chi connectivity index (χ0v) is 16.1. The maximum absolute atomic E-state index is 12.6. The van der Waals surface area contributed by atoms with Crippen molar-refractivity contribution < 1.29 is 18.8 Å². The summed E-state index contributed by atoms with van der Waals surface area (Å²) in [5, 5.41) is 2.67. The summed E-state index contributed by atoms with van der Waals surface area (Å²) in [5.41, 5.74) is 1.16. The molecule has 29 heavy (non-hydrogen) atoms. The van der Waals surface area contributed by atoms with Gasteiger partial charge in [0.05, 0.1) is 12.8 Å². The highest BCUT2D eigenvalue weighted by molar-refractivity contribution is 6.04. The summed E-state index contributed by atoms with van der Waals surface area (Å²) in [4.78, 5) is 42.4. The van der Waals surface area contributed by atoms with Gasteiger partial charge >= 0.3 is 6.03 Å². The highest BCUT2D eigenvalue weighted by Gasteiger charge is 2.38. The predicted molar refractivity (Wildman–Crippen MR) is 106 cm³/mol. The number of nitrogens with zero attached hydrogens (tertiary/aromatic N) is 3. The Kier molecular flexibility index (Phi) is 5.50. The van der Waals surface area contributed by atoms with E-state index >= 15 is 0 Å². The maximum atomic E-state index is 12.6. The zero-order chi connectivity index (χ0) is 20.2. The normalized spacial score (nSPS) is 19.6. The van der Waals surface area contributed by atoms with Crippen molar-refractivity contribution in [3.8, 4) is 0 Å². The second-order valence-corrected chi connectivity index (χ2v) is 7.25. The van der Waals surface area contributed by atoms with Gasteiger partial charge in [-0.05, 0) is 30.7 Å². The van der Waals surface area contributed by atoms with Crippen molar-refractivity contribution in [3.05, 3.63) is 54.5 Å². The highest BCUT2D eigenvalue weighted by atomic mass is 16.3. The number of hydrogen-bond acceptors (Lipinski definition) is 5. The fourth-order valence-corrected chi connectivity index (χ4v) is 3.76. The third-order valence-electron chi connectivity index (χ3n) is 5.40. The van der Waals surface area contributed by atoms with Gasteiger partial charge in [0, 0.05) is 38.3 Å². The van der Waals surface area contributed by atoms with Gasteiger partial charge in [-0.25, -0.2) is 4.79 Å². The number of nitrogens with one attached hydrogen (secondary N) is 1. The molecule has 1 atom stereocenters. The van der Waals surface area contributed by atoms with Crippen LogP contribution in [0.15, 0.2) is 53.1 Å². The fourth-order valence-electron chi connectivity index (χ4n) is 3.76. The summed E-state index contributed by atoms with van der Waals surface area (Å²) < 4.78 is 5.21. The maximum Gasteiger partial charge on any atom is 0.325 e. The number of carbonyl (C=O) groups is 3. The van der Waals surface area contributed by atoms with Gasteiger partial charge in [0.1, 0.15) is 11.8 Å². The lowest BCUT2D eigenvalue weighted by Gasteiger charge is -2.36. The van der Waals surface area contributed by atoms with E-state index in [1.54, 1.807) is 12.1 Å². The van der Waals surface area contributed by atoms with Crippen LogP contribution in [0, 0.1) is 0 Å². The first-order valence-corrected chi connectivity index (χ1v) is 9.84. The van der Waals surface area contributed by atoms with Crippen LogP contribution in [0.4, 0.5) is 10.5 Å². The molecule has 8 heteroatoms. The summed E-state index contributed by atoms with van der Waals surface area (Å²) >= 11 is 0. The molecular formula is C21H24N4O4. The van der Waals surface area contributed by atoms with Crippen LogP contribution in [-0.4, -0.2) is 59.9 Å². The van der Waals surface area contributed by atoms with E-state index in [2.05, 4.69) is 22.3 Å². The van der Waals surface area contributed by atoms with Gasteiger partial charge in [0.25, 0.3) is 5.91 Å². The first kappa shape index (κ1) is 19.0. The monoisotopic (exact) mass is 396 g/mol. The van der Waals surface area contributed by atoms with E-state index in [4.69, 9.17) is 4.42 Å². The van der Waals surface area contributed by atoms with E-state index in [1.165, 1.54) is 6.26 Å². The molecule has 3 heterocycles. The molecule has 2 aliphatic heterocycles. The van der Waals surface area contributed by atoms with E-state index < -0.39 is 12.1 Å². The summed E-state index contributed by atoms with van der Waals surface area (Å²) in [6.07, 6.45) is 2.04. The van der Waals surface area contributed by atoms with Crippen LogP contribution in [0.1, 0.15) is 18.6 Å². The van der Waals surface area contributed by atoms with Crippen molar-refractivity contribution >= 4 is 23.5 Å². The number of carbonyl (C=O) groups excluding carboxylic acids is 3. The summed E-state index contributed by atoms with van der Waals surface area (Å²) in [5.74, 6) is 0.249. The Bertz CT molecular complexity index is 860. The van der Waals surface area contributed by atoms with E-state index in [0.717, 1.165) is 23.7 Å². The van der Waals surface area contributed by atoms with Crippen molar-refractivity contribution in [2.45, 2.75) is 25.4 Å². The third kappa shape index (κ3) is 4.26. The van der Waals surface area contributed by atoms with Crippen molar-refractivity contribution in [1.29, 1.82) is 0 Å². The molecule has 8 nitrogen and oxygen atoms in total. The van der Waals surface area contributed by atoms with E-state index in [9.17, 15) is 14.4 Å². The summed E-state index contributed by atoms with van der Waals surface area (Å²) in [6.45, 7) is 2.98. The Balaban J connectivity index is 1.25. The molecule has 4 rings (SSSR count). The Morgan fingerprint density at radius 1 is 1.03 bits per heavy atom. The first-order valence-electron chi connectivity index (χ1n) is 9.84. The van der Waals surface area contributed by atoms with Gasteiger partial charge in [0.2, 0.25) is 5.91 Å². The average molecular weight is 396 g/mol. The van der Waals surface area contributed by atoms with Gasteiger partial charge < -0.3 is 19.5 Å². The van der Waals surface area contributed by atoms with E-state index in [1.807, 2.05) is 23.1 Å². The molecule has 0 unspecified atom stereocenters. The number of furan rings is 1. The molecule has 0 saturated carbocycles. The Hall–Kier alpha value is -3.29. The molecule has 0 bridgehead atoms. The SMILES string of the molecule is O=C(CC[C@@H]1NC(=O)N(Cc2ccco2)C1=O)N1CCN(c2ccccc2)CC1. The Morgan fingerprint density at radius 3 is 2.48 bits per heavy atom. The second kappa shape index (κ2) is 8.38. The number of amides is 4. The minimum atomic E-state index is -0.660. The van der Waals surface area contributed by atoms with Crippen LogP contribution in [-0.2, 0) is 16.1 Å². The van der Waals surface area contributed by atoms with E-state index in [-0.39, 0.29) is 24.8 Å². The third-order valence-corrected chi connectivity index (χ3v) is 5.40. The molecule has 0 radical (unpaired) electrons. The van der Waals surface area contributed by atoms with Crippen molar-refractivity contribution in [2.24, 2.45) is 0 Å². The van der Waals surface area contributed by atoms with Crippen LogP contribution in [0.5, 0.6) is 0 Å². The van der Waals surface area contributed by atoms with Crippen LogP contribution >= 0.6 is 0 Å². The number of piperazine rings is 1. The first-order chi connectivity index (χ1) is 14.1. The van der Waals surface area contributed by atoms with Gasteiger partial charge in [-0.2, -0.15) is 0 Å². The van der Waals surface area contributed by atoms with Crippen LogP contribution in [0.3, 0.4) is 0 Å². The number of urea groups is 1. The molecule has 2 fully saturated rings. The Morgan fingerprint density at radius 2 is 1.79 bits per heavy atom. The van der Waals surface area contributed by atoms with Gasteiger partial charge in [-0.1, -0.05) is 18.2 Å². The molecule has 0 spiro atoms. The molecule has 2 aromatic rings. The molecule has 1 aromatic carbocycles. The minimum absolute atomic E-state index is 0.0178. The number of para-hydroxylation sites is 1. The topological polar surface area (TPSA) is 86.1 Å². The van der Waals surface area contributed by atoms with Gasteiger partial charge in [0.15, 0.2) is 0 Å². The smallest absolute Gasteiger partial charge is 0.325 e. The van der Waals surface area contributed by atoms with Crippen LogP contribution in [0.2, 0.25) is 0 Å². The standard InChI is InChI=1S/C21H24N4O4/c26-19(24-12-10-23(11-13-24)16-5-2-1-3-6-16)9-8-18-20(27)25(21(28)22-18)15-17-7-4-14-29-17/h1-7,14,18H,8-13,15H2,(H,22,28)/t18-/m0/s1. The number of imide groups is 1. The lowest BCUT2D eigenvalue weighted by atomic mass is 10.1. The molecule has 2 saturated heterocycles. The number of anilines is 1. The quantitative estimate of drug-likeness (QED) is 0.753. The van der Waals surface area contributed by atoms with Crippen molar-refractivity contribution in [1.82, 2.24) is 15.1 Å². The molecule has 1 N–H and O–H groups in total. The fraction of sp³-hybridized carbons (Fsp3) is 0.381. The number of benzene rings is 1. The predicted octanol–water partition coefficient (Wildman–Crippen LogP) is 1.83. The molecule has 1 aromatic heterocycles. The molecule has 4 amide bonds. The molecular weight excluding hydrogens is 372 g/mol. The number of rotatable bonds is 6. The lowest BCUT2D eigenvalue weighted by molar-refractivity contribution is -0.132. The van der Waals surface area contributed by atoms with Gasteiger partial charge in [-0.3, -0.25) is 14.5 Å². The summed E-state index contributed by atoms with van der Waals surface area (Å²) in [7, 11) is 0. The van der Waals surface area contributed by atoms with Crippen LogP contribution < -0.4 is 10.2 Å². The van der Waals surface area contributed by atoms with Crippen LogP contribution in [0.25, 0.3) is 0 Å².